The van der Waals surface area contributed by atoms with Crippen molar-refractivity contribution >= 4 is 5.52 Å². The number of rotatable bonds is 7. The van der Waals surface area contributed by atoms with E-state index in [0.717, 1.165) is 22.3 Å². The van der Waals surface area contributed by atoms with Gasteiger partial charge in [-0.25, -0.2) is 9.50 Å². The average molecular weight is 395 g/mol. The van der Waals surface area contributed by atoms with Crippen molar-refractivity contribution in [2.75, 3.05) is 6.61 Å². The van der Waals surface area contributed by atoms with Gasteiger partial charge < -0.3 is 10.2 Å². The predicted molar refractivity (Wildman–Crippen MR) is 108 cm³/mol. The molecule has 4 aromatic heterocycles. The van der Waals surface area contributed by atoms with Gasteiger partial charge in [0.15, 0.2) is 0 Å². The lowest BCUT2D eigenvalue weighted by Gasteiger charge is -2.15. The average Bonchev–Trinajstić information content (AvgIpc) is 3.46. The summed E-state index contributed by atoms with van der Waals surface area (Å²) in [5, 5.41) is 31.8. The predicted octanol–water partition coefficient (Wildman–Crippen LogP) is 2.03. The molecule has 0 aromatic carbocycles. The monoisotopic (exact) mass is 395 g/mol. The molecule has 2 N–H and O–H groups in total. The molecule has 152 valence electrons. The van der Waals surface area contributed by atoms with Gasteiger partial charge in [0, 0.05) is 23.5 Å². The molecule has 29 heavy (non-hydrogen) atoms. The molecule has 9 heteroatoms. The minimum atomic E-state index is -0.853. The van der Waals surface area contributed by atoms with Crippen molar-refractivity contribution in [1.29, 1.82) is 0 Å². The van der Waals surface area contributed by atoms with Crippen LogP contribution in [0.2, 0.25) is 0 Å². The summed E-state index contributed by atoms with van der Waals surface area (Å²) in [4.78, 5) is 4.86. The van der Waals surface area contributed by atoms with E-state index in [2.05, 4.69) is 36.1 Å². The lowest BCUT2D eigenvalue weighted by Crippen LogP contribution is -2.19. The van der Waals surface area contributed by atoms with Crippen LogP contribution in [-0.4, -0.2) is 57.1 Å². The van der Waals surface area contributed by atoms with E-state index in [9.17, 15) is 5.11 Å². The molecule has 0 saturated heterocycles. The van der Waals surface area contributed by atoms with Gasteiger partial charge in [0.1, 0.15) is 0 Å². The van der Waals surface area contributed by atoms with Crippen LogP contribution in [0.4, 0.5) is 0 Å². The molecule has 0 spiro atoms. The van der Waals surface area contributed by atoms with Crippen molar-refractivity contribution < 1.29 is 10.2 Å². The van der Waals surface area contributed by atoms with Crippen LogP contribution in [-0.2, 0) is 6.54 Å². The molecule has 0 aliphatic heterocycles. The van der Waals surface area contributed by atoms with E-state index in [1.165, 1.54) is 0 Å². The highest BCUT2D eigenvalue weighted by molar-refractivity contribution is 5.78. The summed E-state index contributed by atoms with van der Waals surface area (Å²) in [6.45, 7) is 6.40. The number of nitrogens with zero attached hydrogens (tertiary/aromatic N) is 7. The van der Waals surface area contributed by atoms with Gasteiger partial charge in [0.2, 0.25) is 0 Å². The fourth-order valence-electron chi connectivity index (χ4n) is 3.14. The number of hydrogen-bond donors (Lipinski definition) is 2. The first-order chi connectivity index (χ1) is 14.0. The summed E-state index contributed by atoms with van der Waals surface area (Å²) in [6.07, 6.45) is 10.1. The fraction of sp³-hybridized carbons (Fsp3) is 0.400. The van der Waals surface area contributed by atoms with Gasteiger partial charge in [0.25, 0.3) is 0 Å². The normalized spacial score (nSPS) is 14.0. The zero-order chi connectivity index (χ0) is 20.5. The van der Waals surface area contributed by atoms with Gasteiger partial charge in [-0.3, -0.25) is 9.36 Å². The molecule has 2 atom stereocenters. The number of hydrogen-bond acceptors (Lipinski definition) is 6. The van der Waals surface area contributed by atoms with Gasteiger partial charge in [-0.15, -0.1) is 0 Å². The zero-order valence-electron chi connectivity index (χ0n) is 16.7. The van der Waals surface area contributed by atoms with Gasteiger partial charge in [-0.05, 0) is 18.9 Å². The Hall–Kier alpha value is -3.04. The largest absolute Gasteiger partial charge is 0.394 e. The molecule has 0 amide bonds. The molecule has 0 bridgehead atoms. The van der Waals surface area contributed by atoms with Crippen molar-refractivity contribution in [2.24, 2.45) is 5.92 Å². The third-order valence-corrected chi connectivity index (χ3v) is 5.18. The molecule has 0 saturated carbocycles. The molecule has 9 nitrogen and oxygen atoms in total. The smallest absolute Gasteiger partial charge is 0.0999 e. The molecule has 0 aliphatic carbocycles. The van der Waals surface area contributed by atoms with Crippen LogP contribution in [0.1, 0.15) is 26.8 Å². The van der Waals surface area contributed by atoms with Crippen LogP contribution in [0.25, 0.3) is 28.0 Å². The second-order valence-corrected chi connectivity index (χ2v) is 7.62. The SMILES string of the molecule is CC(C)C(C)n1cc(-c2nc(-c3cnn(CC(O)CO)c3)cn3nccc23)cn1. The van der Waals surface area contributed by atoms with Gasteiger partial charge >= 0.3 is 0 Å². The van der Waals surface area contributed by atoms with Crippen molar-refractivity contribution in [3.05, 3.63) is 43.2 Å². The van der Waals surface area contributed by atoms with E-state index in [4.69, 9.17) is 10.1 Å². The Bertz CT molecular complexity index is 1110. The Labute approximate surface area is 168 Å². The first-order valence-electron chi connectivity index (χ1n) is 9.67. The third kappa shape index (κ3) is 3.79. The summed E-state index contributed by atoms with van der Waals surface area (Å²) < 4.78 is 5.35. The summed E-state index contributed by atoms with van der Waals surface area (Å²) in [6, 6.07) is 2.21. The lowest BCUT2D eigenvalue weighted by atomic mass is 10.1. The van der Waals surface area contributed by atoms with Crippen LogP contribution < -0.4 is 0 Å². The van der Waals surface area contributed by atoms with Crippen LogP contribution in [0.5, 0.6) is 0 Å². The van der Waals surface area contributed by atoms with Crippen LogP contribution in [0, 0.1) is 5.92 Å². The Morgan fingerprint density at radius 1 is 1.00 bits per heavy atom. The topological polar surface area (TPSA) is 106 Å². The summed E-state index contributed by atoms with van der Waals surface area (Å²) in [5.74, 6) is 0.470. The van der Waals surface area contributed by atoms with Crippen molar-refractivity contribution in [1.82, 2.24) is 34.2 Å². The second-order valence-electron chi connectivity index (χ2n) is 7.62. The molecule has 0 fully saturated rings. The van der Waals surface area contributed by atoms with Crippen molar-refractivity contribution in [3.63, 3.8) is 0 Å². The van der Waals surface area contributed by atoms with Crippen molar-refractivity contribution in [3.8, 4) is 22.5 Å². The maximum absolute atomic E-state index is 9.63. The maximum atomic E-state index is 9.63. The molecule has 0 aliphatic rings. The van der Waals surface area contributed by atoms with Crippen LogP contribution >= 0.6 is 0 Å². The molecule has 4 rings (SSSR count). The first kappa shape index (κ1) is 19.3. The van der Waals surface area contributed by atoms with E-state index < -0.39 is 6.10 Å². The molecule has 4 heterocycles. The van der Waals surface area contributed by atoms with E-state index in [-0.39, 0.29) is 19.2 Å². The number of fused-ring (bicyclic) bond motifs is 1. The summed E-state index contributed by atoms with van der Waals surface area (Å²) in [5.41, 5.74) is 4.13. The van der Waals surface area contributed by atoms with E-state index in [0.29, 0.717) is 11.6 Å². The molecular weight excluding hydrogens is 370 g/mol. The molecule has 2 unspecified atom stereocenters. The van der Waals surface area contributed by atoms with E-state index in [1.807, 2.05) is 29.3 Å². The molecular formula is C20H25N7O2. The lowest BCUT2D eigenvalue weighted by molar-refractivity contribution is 0.0783. The zero-order valence-corrected chi connectivity index (χ0v) is 16.7. The Morgan fingerprint density at radius 2 is 1.79 bits per heavy atom. The van der Waals surface area contributed by atoms with Gasteiger partial charge in [-0.1, -0.05) is 13.8 Å². The first-order valence-corrected chi connectivity index (χ1v) is 9.67. The van der Waals surface area contributed by atoms with E-state index in [1.54, 1.807) is 27.8 Å². The van der Waals surface area contributed by atoms with Crippen LogP contribution in [0.15, 0.2) is 43.2 Å². The summed E-state index contributed by atoms with van der Waals surface area (Å²) >= 11 is 0. The quantitative estimate of drug-likeness (QED) is 0.496. The number of aromatic nitrogens is 7. The third-order valence-electron chi connectivity index (χ3n) is 5.18. The highest BCUT2D eigenvalue weighted by Gasteiger charge is 2.16. The van der Waals surface area contributed by atoms with Gasteiger partial charge in [0.05, 0.1) is 67.0 Å². The minimum absolute atomic E-state index is 0.216. The standard InChI is InChI=1S/C20H25N7O2/c1-13(2)14(3)26-9-16(7-23-26)20-19-4-5-21-27(19)11-18(24-20)15-6-22-25(8-15)10-17(29)12-28/h4-9,11,13-14,17,28-29H,10,12H2,1-3H3. The second kappa shape index (κ2) is 7.76. The van der Waals surface area contributed by atoms with E-state index >= 15 is 0 Å². The number of aliphatic hydroxyl groups is 2. The highest BCUT2D eigenvalue weighted by Crippen LogP contribution is 2.28. The van der Waals surface area contributed by atoms with Gasteiger partial charge in [-0.2, -0.15) is 15.3 Å². The number of aliphatic hydroxyl groups excluding tert-OH is 2. The Balaban J connectivity index is 1.74. The Morgan fingerprint density at radius 3 is 2.55 bits per heavy atom. The minimum Gasteiger partial charge on any atom is -0.394 e. The van der Waals surface area contributed by atoms with Crippen molar-refractivity contribution in [2.45, 2.75) is 39.5 Å². The molecule has 4 aromatic rings. The Kier molecular flexibility index (Phi) is 5.16. The fourth-order valence-corrected chi connectivity index (χ4v) is 3.14. The maximum Gasteiger partial charge on any atom is 0.0999 e. The summed E-state index contributed by atoms with van der Waals surface area (Å²) in [7, 11) is 0. The highest BCUT2D eigenvalue weighted by atomic mass is 16.3. The molecule has 0 radical (unpaired) electrons. The van der Waals surface area contributed by atoms with Crippen LogP contribution in [0.3, 0.4) is 0 Å².